The number of aromatic nitrogens is 2. The van der Waals surface area contributed by atoms with Gasteiger partial charge in [-0.15, -0.1) is 0 Å². The fraction of sp³-hybridized carbons (Fsp3) is 0.438. The van der Waals surface area contributed by atoms with Gasteiger partial charge in [-0.1, -0.05) is 0 Å². The van der Waals surface area contributed by atoms with Crippen LogP contribution in [0.5, 0.6) is 0 Å². The molecule has 1 unspecified atom stereocenters. The summed E-state index contributed by atoms with van der Waals surface area (Å²) in [6, 6.07) is 9.32. The number of amides is 1. The number of nitrogens with zero attached hydrogens (tertiary/aromatic N) is 2. The molecule has 3 aromatic rings. The summed E-state index contributed by atoms with van der Waals surface area (Å²) in [6.07, 6.45) is 1.20. The molecule has 12 nitrogen and oxygen atoms in total. The number of aryl methyl sites for hydroxylation is 2. The Labute approximate surface area is 254 Å². The second-order valence-electron chi connectivity index (χ2n) is 11.8. The van der Waals surface area contributed by atoms with Crippen LogP contribution in [-0.4, -0.2) is 51.1 Å². The van der Waals surface area contributed by atoms with Crippen LogP contribution >= 0.6 is 0 Å². The zero-order valence-corrected chi connectivity index (χ0v) is 25.6. The van der Waals surface area contributed by atoms with E-state index in [9.17, 15) is 24.0 Å². The number of aliphatic carboxylic acids is 1. The fourth-order valence-corrected chi connectivity index (χ4v) is 5.00. The first kappa shape index (κ1) is 32.2. The number of rotatable bonds is 11. The van der Waals surface area contributed by atoms with Crippen LogP contribution < -0.4 is 16.2 Å². The molecule has 44 heavy (non-hydrogen) atoms. The number of carboxylic acids is 1. The molecule has 0 saturated carbocycles. The van der Waals surface area contributed by atoms with Crippen molar-refractivity contribution >= 4 is 40.4 Å². The van der Waals surface area contributed by atoms with Gasteiger partial charge < -0.3 is 25.2 Å². The van der Waals surface area contributed by atoms with Crippen LogP contribution in [-0.2, 0) is 37.0 Å². The summed E-state index contributed by atoms with van der Waals surface area (Å²) in [5, 5.41) is 15.4. The van der Waals surface area contributed by atoms with Gasteiger partial charge >= 0.3 is 17.9 Å². The monoisotopic (exact) mass is 606 g/mol. The Hall–Kier alpha value is -4.74. The maximum absolute atomic E-state index is 13.4. The summed E-state index contributed by atoms with van der Waals surface area (Å²) in [5.74, 6) is -2.25. The Morgan fingerprint density at radius 3 is 2.45 bits per heavy atom. The Morgan fingerprint density at radius 2 is 1.82 bits per heavy atom. The van der Waals surface area contributed by atoms with Crippen molar-refractivity contribution in [1.29, 1.82) is 0 Å². The van der Waals surface area contributed by atoms with E-state index in [-0.39, 0.29) is 37.8 Å². The molecular formula is C32H38N4O8. The molecule has 1 aromatic heterocycles. The zero-order chi connectivity index (χ0) is 32.2. The number of fused-ring (bicyclic) bond motifs is 2. The molecule has 2 atom stereocenters. The first-order valence-corrected chi connectivity index (χ1v) is 14.6. The number of benzene rings is 2. The number of esters is 2. The zero-order valence-electron chi connectivity index (χ0n) is 25.6. The Balaban J connectivity index is 1.49. The fourth-order valence-electron chi connectivity index (χ4n) is 5.00. The third kappa shape index (κ3) is 7.42. The van der Waals surface area contributed by atoms with Gasteiger partial charge in [-0.05, 0) is 101 Å². The highest BCUT2D eigenvalue weighted by atomic mass is 16.5. The van der Waals surface area contributed by atoms with Crippen LogP contribution in [0.3, 0.4) is 0 Å². The lowest BCUT2D eigenvalue weighted by molar-refractivity contribution is -0.157. The number of hydrogen-bond donors (Lipinski definition) is 3. The van der Waals surface area contributed by atoms with Gasteiger partial charge in [-0.3, -0.25) is 23.7 Å². The lowest BCUT2D eigenvalue weighted by Crippen LogP contribution is -2.42. The normalized spacial score (nSPS) is 14.9. The summed E-state index contributed by atoms with van der Waals surface area (Å²) in [6.45, 7) is 8.46. The minimum atomic E-state index is -1.08. The van der Waals surface area contributed by atoms with Gasteiger partial charge in [0.25, 0.3) is 11.5 Å². The molecule has 1 amide bonds. The van der Waals surface area contributed by atoms with E-state index in [1.54, 1.807) is 58.9 Å². The van der Waals surface area contributed by atoms with Gasteiger partial charge in [0, 0.05) is 17.7 Å². The van der Waals surface area contributed by atoms with Crippen molar-refractivity contribution in [2.24, 2.45) is 5.41 Å². The van der Waals surface area contributed by atoms with Crippen molar-refractivity contribution in [2.45, 2.75) is 79.1 Å². The summed E-state index contributed by atoms with van der Waals surface area (Å²) in [4.78, 5) is 66.3. The molecule has 2 aromatic carbocycles. The van der Waals surface area contributed by atoms with Gasteiger partial charge in [0.1, 0.15) is 11.9 Å². The molecule has 234 valence electrons. The second kappa shape index (κ2) is 13.3. The number of anilines is 1. The van der Waals surface area contributed by atoms with Crippen molar-refractivity contribution in [3.63, 3.8) is 0 Å². The second-order valence-corrected chi connectivity index (χ2v) is 11.8. The highest BCUT2D eigenvalue weighted by molar-refractivity contribution is 5.97. The molecule has 1 heterocycles. The van der Waals surface area contributed by atoms with Crippen molar-refractivity contribution < 1.29 is 33.8 Å². The van der Waals surface area contributed by atoms with Crippen molar-refractivity contribution in [2.75, 3.05) is 11.9 Å². The molecule has 4 rings (SSSR count). The largest absolute Gasteiger partial charge is 0.481 e. The number of carbonyl (C=O) groups excluding carboxylic acids is 3. The van der Waals surface area contributed by atoms with E-state index >= 15 is 0 Å². The predicted molar refractivity (Wildman–Crippen MR) is 162 cm³/mol. The van der Waals surface area contributed by atoms with Crippen LogP contribution in [0.15, 0.2) is 41.2 Å². The molecule has 0 aliphatic heterocycles. The van der Waals surface area contributed by atoms with Crippen LogP contribution in [0.2, 0.25) is 0 Å². The van der Waals surface area contributed by atoms with Gasteiger partial charge in [-0.25, -0.2) is 9.78 Å². The van der Waals surface area contributed by atoms with Gasteiger partial charge in [0.2, 0.25) is 0 Å². The van der Waals surface area contributed by atoms with E-state index in [1.165, 1.54) is 4.57 Å². The van der Waals surface area contributed by atoms with Crippen molar-refractivity contribution in [3.05, 3.63) is 69.3 Å². The third-order valence-electron chi connectivity index (χ3n) is 7.43. The van der Waals surface area contributed by atoms with Gasteiger partial charge in [0.15, 0.2) is 6.73 Å². The van der Waals surface area contributed by atoms with Gasteiger partial charge in [-0.2, -0.15) is 0 Å². The molecule has 0 bridgehead atoms. The lowest BCUT2D eigenvalue weighted by Gasteiger charge is -2.19. The van der Waals surface area contributed by atoms with Crippen molar-refractivity contribution in [3.8, 4) is 0 Å². The molecular weight excluding hydrogens is 568 g/mol. The van der Waals surface area contributed by atoms with Gasteiger partial charge in [0.05, 0.1) is 29.0 Å². The minimum absolute atomic E-state index is 0.0858. The van der Waals surface area contributed by atoms with Crippen molar-refractivity contribution in [1.82, 2.24) is 14.9 Å². The van der Waals surface area contributed by atoms with Crippen LogP contribution in [0, 0.1) is 12.3 Å². The first-order valence-electron chi connectivity index (χ1n) is 14.6. The number of carbonyl (C=O) groups is 4. The number of nitrogens with one attached hydrogen (secondary N) is 2. The summed E-state index contributed by atoms with van der Waals surface area (Å²) in [5.41, 5.74) is 2.70. The number of ether oxygens (including phenoxy) is 2. The lowest BCUT2D eigenvalue weighted by atomic mass is 9.98. The Bertz CT molecular complexity index is 1640. The van der Waals surface area contributed by atoms with Crippen LogP contribution in [0.25, 0.3) is 10.9 Å². The molecule has 3 N–H and O–H groups in total. The van der Waals surface area contributed by atoms with Crippen LogP contribution in [0.1, 0.15) is 80.3 Å². The van der Waals surface area contributed by atoms with Crippen LogP contribution in [0.4, 0.5) is 5.69 Å². The topological polar surface area (TPSA) is 166 Å². The van der Waals surface area contributed by atoms with E-state index in [2.05, 4.69) is 15.6 Å². The first-order chi connectivity index (χ1) is 20.8. The standard InChI is InChI=1S/C32H38N4O8/c1-6-43-30(41)25(13-14-27(37)38)35-28(39)19-7-10-21(11-8-19)34-24-12-9-20-15-26-23(16-22(20)24)29(40)36(18(2)33-26)17-44-31(42)32(3,4)5/h7-8,10-11,15-16,24-25,34H,6,9,12-14,17H2,1-5H3,(H,35,39)(H,37,38)/t24?,25-/m0/s1. The summed E-state index contributed by atoms with van der Waals surface area (Å²) < 4.78 is 11.7. The molecule has 12 heteroatoms. The number of carboxylic acid groups (broad SMARTS) is 1. The molecule has 0 spiro atoms. The Morgan fingerprint density at radius 1 is 1.11 bits per heavy atom. The third-order valence-corrected chi connectivity index (χ3v) is 7.43. The molecule has 0 fully saturated rings. The Kier molecular flexibility index (Phi) is 9.71. The maximum atomic E-state index is 13.4. The van der Waals surface area contributed by atoms with E-state index in [0.717, 1.165) is 29.7 Å². The average Bonchev–Trinajstić information content (AvgIpc) is 3.35. The van der Waals surface area contributed by atoms with E-state index in [1.807, 2.05) is 12.1 Å². The molecule has 0 radical (unpaired) electrons. The van der Waals surface area contributed by atoms with E-state index in [0.29, 0.717) is 22.3 Å². The van der Waals surface area contributed by atoms with E-state index < -0.39 is 35.3 Å². The molecule has 1 aliphatic carbocycles. The summed E-state index contributed by atoms with van der Waals surface area (Å²) in [7, 11) is 0. The molecule has 1 aliphatic rings. The SMILES string of the molecule is CCOC(=O)[C@H](CCC(=O)O)NC(=O)c1ccc(NC2CCc3cc4nc(C)n(COC(=O)C(C)(C)C)c(=O)c4cc32)cc1. The quantitative estimate of drug-likeness (QED) is 0.273. The number of hydrogen-bond acceptors (Lipinski definition) is 9. The maximum Gasteiger partial charge on any atom is 0.328 e. The average molecular weight is 607 g/mol. The summed E-state index contributed by atoms with van der Waals surface area (Å²) >= 11 is 0. The highest BCUT2D eigenvalue weighted by Crippen LogP contribution is 2.35. The predicted octanol–water partition coefficient (Wildman–Crippen LogP) is 3.88. The smallest absolute Gasteiger partial charge is 0.328 e. The molecule has 0 saturated heterocycles. The minimum Gasteiger partial charge on any atom is -0.481 e. The van der Waals surface area contributed by atoms with E-state index in [4.69, 9.17) is 14.6 Å². The highest BCUT2D eigenvalue weighted by Gasteiger charge is 2.27.